The van der Waals surface area contributed by atoms with E-state index in [4.69, 9.17) is 0 Å². The summed E-state index contributed by atoms with van der Waals surface area (Å²) < 4.78 is 0. The first kappa shape index (κ1) is 13.2. The Hall–Kier alpha value is -0.900. The second-order valence-corrected chi connectivity index (χ2v) is 4.72. The van der Waals surface area contributed by atoms with E-state index in [-0.39, 0.29) is 23.7 Å². The first-order valence-corrected chi connectivity index (χ1v) is 6.07. The number of rotatable bonds is 4. The number of nitrogens with zero attached hydrogens (tertiary/aromatic N) is 1. The molecule has 1 fully saturated rings. The lowest BCUT2D eigenvalue weighted by atomic mass is 9.99. The van der Waals surface area contributed by atoms with E-state index in [2.05, 4.69) is 5.32 Å². The lowest BCUT2D eigenvalue weighted by Gasteiger charge is -2.35. The van der Waals surface area contributed by atoms with Crippen molar-refractivity contribution in [2.75, 3.05) is 20.1 Å². The molecule has 0 aliphatic carbocycles. The fourth-order valence-corrected chi connectivity index (χ4v) is 2.10. The monoisotopic (exact) mass is 226 g/mol. The molecular weight excluding hydrogens is 204 g/mol. The molecule has 0 aromatic rings. The first-order chi connectivity index (χ1) is 7.57. The van der Waals surface area contributed by atoms with Crippen molar-refractivity contribution in [2.45, 2.75) is 39.2 Å². The van der Waals surface area contributed by atoms with Gasteiger partial charge in [0.25, 0.3) is 5.91 Å². The van der Waals surface area contributed by atoms with Gasteiger partial charge in [0.2, 0.25) is 5.78 Å². The van der Waals surface area contributed by atoms with E-state index in [1.54, 1.807) is 18.7 Å². The molecule has 0 bridgehead atoms. The van der Waals surface area contributed by atoms with E-state index >= 15 is 0 Å². The normalized spacial score (nSPS) is 21.2. The number of amides is 1. The largest absolute Gasteiger partial charge is 0.332 e. The molecule has 4 nitrogen and oxygen atoms in total. The first-order valence-electron chi connectivity index (χ1n) is 6.07. The summed E-state index contributed by atoms with van der Waals surface area (Å²) in [7, 11) is 1.88. The van der Waals surface area contributed by atoms with Crippen LogP contribution in [0.5, 0.6) is 0 Å². The zero-order chi connectivity index (χ0) is 12.1. The van der Waals surface area contributed by atoms with Crippen LogP contribution in [-0.4, -0.2) is 42.8 Å². The van der Waals surface area contributed by atoms with Gasteiger partial charge in [0, 0.05) is 25.0 Å². The number of nitrogens with one attached hydrogen (secondary N) is 1. The summed E-state index contributed by atoms with van der Waals surface area (Å²) in [5.74, 6) is -0.761. The molecule has 1 aliphatic heterocycles. The number of carbonyl (C=O) groups is 2. The van der Waals surface area contributed by atoms with Gasteiger partial charge in [-0.1, -0.05) is 13.8 Å². The van der Waals surface area contributed by atoms with Gasteiger partial charge in [0.15, 0.2) is 0 Å². The second kappa shape index (κ2) is 5.99. The Morgan fingerprint density at radius 2 is 2.06 bits per heavy atom. The molecule has 1 heterocycles. The van der Waals surface area contributed by atoms with Crippen molar-refractivity contribution in [1.29, 1.82) is 0 Å². The van der Waals surface area contributed by atoms with Crippen molar-refractivity contribution >= 4 is 11.7 Å². The maximum atomic E-state index is 12.0. The number of hydrogen-bond acceptors (Lipinski definition) is 3. The predicted octanol–water partition coefficient (Wildman–Crippen LogP) is 0.812. The van der Waals surface area contributed by atoms with E-state index in [0.29, 0.717) is 0 Å². The number of ketones is 1. The van der Waals surface area contributed by atoms with Gasteiger partial charge in [-0.2, -0.15) is 0 Å². The highest BCUT2D eigenvalue weighted by Crippen LogP contribution is 2.17. The van der Waals surface area contributed by atoms with Crippen LogP contribution in [0.25, 0.3) is 0 Å². The van der Waals surface area contributed by atoms with Crippen molar-refractivity contribution in [3.63, 3.8) is 0 Å². The highest BCUT2D eigenvalue weighted by Gasteiger charge is 2.31. The Labute approximate surface area is 97.4 Å². The van der Waals surface area contributed by atoms with Crippen molar-refractivity contribution in [1.82, 2.24) is 10.2 Å². The number of carbonyl (C=O) groups excluding carboxylic acids is 2. The van der Waals surface area contributed by atoms with E-state index < -0.39 is 0 Å². The highest BCUT2D eigenvalue weighted by molar-refractivity contribution is 6.36. The summed E-state index contributed by atoms with van der Waals surface area (Å²) in [4.78, 5) is 25.4. The van der Waals surface area contributed by atoms with Crippen LogP contribution in [0.15, 0.2) is 0 Å². The molecule has 0 aromatic carbocycles. The Morgan fingerprint density at radius 1 is 1.38 bits per heavy atom. The zero-order valence-electron chi connectivity index (χ0n) is 10.5. The summed E-state index contributed by atoms with van der Waals surface area (Å²) in [5.41, 5.74) is 0. The Balaban J connectivity index is 2.67. The fourth-order valence-electron chi connectivity index (χ4n) is 2.10. The number of piperidine rings is 1. The number of Topliss-reactive ketones (excluding diaryl/α,β-unsaturated/α-hetero) is 1. The molecule has 0 radical (unpaired) electrons. The minimum Gasteiger partial charge on any atom is -0.332 e. The van der Waals surface area contributed by atoms with Crippen LogP contribution in [0.1, 0.15) is 33.1 Å². The molecule has 1 rings (SSSR count). The van der Waals surface area contributed by atoms with Crippen LogP contribution in [0.3, 0.4) is 0 Å². The number of hydrogen-bond donors (Lipinski definition) is 1. The molecule has 1 saturated heterocycles. The molecule has 1 aliphatic rings. The van der Waals surface area contributed by atoms with Crippen molar-refractivity contribution in [3.05, 3.63) is 0 Å². The molecule has 0 aromatic heterocycles. The maximum absolute atomic E-state index is 12.0. The average Bonchev–Trinajstić information content (AvgIpc) is 2.28. The summed E-state index contributed by atoms with van der Waals surface area (Å²) >= 11 is 0. The van der Waals surface area contributed by atoms with Gasteiger partial charge < -0.3 is 10.2 Å². The number of likely N-dealkylation sites (tertiary alicyclic amines) is 1. The summed E-state index contributed by atoms with van der Waals surface area (Å²) in [5, 5.41) is 3.09. The SMILES string of the molecule is CNCC1CCCCN1C(=O)C(=O)C(C)C. The second-order valence-electron chi connectivity index (χ2n) is 4.72. The van der Waals surface area contributed by atoms with E-state index in [1.165, 1.54) is 0 Å². The third kappa shape index (κ3) is 3.04. The third-order valence-corrected chi connectivity index (χ3v) is 3.06. The fraction of sp³-hybridized carbons (Fsp3) is 0.833. The van der Waals surface area contributed by atoms with Crippen molar-refractivity contribution in [3.8, 4) is 0 Å². The molecule has 0 saturated carbocycles. The van der Waals surface area contributed by atoms with Crippen LogP contribution in [0.4, 0.5) is 0 Å². The average molecular weight is 226 g/mol. The maximum Gasteiger partial charge on any atom is 0.290 e. The van der Waals surface area contributed by atoms with Crippen LogP contribution in [-0.2, 0) is 9.59 Å². The summed E-state index contributed by atoms with van der Waals surface area (Å²) in [6.45, 7) is 5.05. The zero-order valence-corrected chi connectivity index (χ0v) is 10.5. The molecule has 92 valence electrons. The summed E-state index contributed by atoms with van der Waals surface area (Å²) in [6, 6.07) is 0.189. The molecule has 0 spiro atoms. The highest BCUT2D eigenvalue weighted by atomic mass is 16.2. The lowest BCUT2D eigenvalue weighted by Crippen LogP contribution is -2.51. The topological polar surface area (TPSA) is 49.4 Å². The summed E-state index contributed by atoms with van der Waals surface area (Å²) in [6.07, 6.45) is 3.15. The van der Waals surface area contributed by atoms with Gasteiger partial charge in [-0.3, -0.25) is 9.59 Å². The van der Waals surface area contributed by atoms with Crippen LogP contribution < -0.4 is 5.32 Å². The quantitative estimate of drug-likeness (QED) is 0.722. The molecule has 4 heteroatoms. The van der Waals surface area contributed by atoms with E-state index in [0.717, 1.165) is 32.4 Å². The minimum absolute atomic E-state index is 0.189. The minimum atomic E-state index is -0.296. The van der Waals surface area contributed by atoms with Crippen LogP contribution in [0, 0.1) is 5.92 Å². The lowest BCUT2D eigenvalue weighted by molar-refractivity contribution is -0.148. The molecule has 1 unspecified atom stereocenters. The van der Waals surface area contributed by atoms with Gasteiger partial charge in [-0.15, -0.1) is 0 Å². The third-order valence-electron chi connectivity index (χ3n) is 3.06. The Bertz CT molecular complexity index is 262. The molecule has 1 atom stereocenters. The Kier molecular flexibility index (Phi) is 4.93. The molecular formula is C12H22N2O2. The van der Waals surface area contributed by atoms with E-state index in [9.17, 15) is 9.59 Å². The predicted molar refractivity (Wildman–Crippen MR) is 63.1 cm³/mol. The molecule has 1 amide bonds. The molecule has 16 heavy (non-hydrogen) atoms. The van der Waals surface area contributed by atoms with Crippen molar-refractivity contribution < 1.29 is 9.59 Å². The van der Waals surface area contributed by atoms with Gasteiger partial charge in [0.1, 0.15) is 0 Å². The standard InChI is InChI=1S/C12H22N2O2/c1-9(2)11(15)12(16)14-7-5-4-6-10(14)8-13-3/h9-10,13H,4-8H2,1-3H3. The van der Waals surface area contributed by atoms with E-state index in [1.807, 2.05) is 7.05 Å². The number of likely N-dealkylation sites (N-methyl/N-ethyl adjacent to an activating group) is 1. The van der Waals surface area contributed by atoms with Crippen LogP contribution in [0.2, 0.25) is 0 Å². The smallest absolute Gasteiger partial charge is 0.290 e. The van der Waals surface area contributed by atoms with Gasteiger partial charge in [-0.25, -0.2) is 0 Å². The van der Waals surface area contributed by atoms with Crippen LogP contribution >= 0.6 is 0 Å². The van der Waals surface area contributed by atoms with Gasteiger partial charge >= 0.3 is 0 Å². The van der Waals surface area contributed by atoms with Gasteiger partial charge in [0.05, 0.1) is 0 Å². The van der Waals surface area contributed by atoms with Gasteiger partial charge in [-0.05, 0) is 26.3 Å². The molecule has 1 N–H and O–H groups in total. The Morgan fingerprint density at radius 3 is 2.62 bits per heavy atom. The van der Waals surface area contributed by atoms with Crippen molar-refractivity contribution in [2.24, 2.45) is 5.92 Å².